The van der Waals surface area contributed by atoms with E-state index in [0.29, 0.717) is 18.8 Å². The zero-order valence-electron chi connectivity index (χ0n) is 13.4. The molecule has 6 nitrogen and oxygen atoms in total. The van der Waals surface area contributed by atoms with Gasteiger partial charge in [0, 0.05) is 31.1 Å². The van der Waals surface area contributed by atoms with Crippen LogP contribution in [0.5, 0.6) is 0 Å². The third-order valence-corrected chi connectivity index (χ3v) is 4.17. The van der Waals surface area contributed by atoms with E-state index in [2.05, 4.69) is 15.1 Å². The van der Waals surface area contributed by atoms with Crippen LogP contribution >= 0.6 is 0 Å². The molecule has 1 aliphatic rings. The number of hydrogen-bond acceptors (Lipinski definition) is 4. The van der Waals surface area contributed by atoms with Gasteiger partial charge in [-0.15, -0.1) is 5.10 Å². The third kappa shape index (κ3) is 3.07. The summed E-state index contributed by atoms with van der Waals surface area (Å²) in [4.78, 5) is 21.3. The number of nitrogens with zero attached hydrogens (tertiary/aromatic N) is 5. The molecule has 130 valence electrons. The van der Waals surface area contributed by atoms with E-state index >= 15 is 0 Å². The highest BCUT2D eigenvalue weighted by atomic mass is 19.4. The molecule has 0 aromatic carbocycles. The van der Waals surface area contributed by atoms with Crippen LogP contribution in [0.2, 0.25) is 0 Å². The molecule has 1 saturated heterocycles. The van der Waals surface area contributed by atoms with Crippen LogP contribution < -0.4 is 0 Å². The van der Waals surface area contributed by atoms with Crippen molar-refractivity contribution in [3.8, 4) is 0 Å². The van der Waals surface area contributed by atoms with E-state index in [9.17, 15) is 18.0 Å². The molecule has 24 heavy (non-hydrogen) atoms. The Balaban J connectivity index is 1.94. The fourth-order valence-corrected chi connectivity index (χ4v) is 3.02. The highest BCUT2D eigenvalue weighted by Gasteiger charge is 2.37. The van der Waals surface area contributed by atoms with E-state index in [-0.39, 0.29) is 23.5 Å². The van der Waals surface area contributed by atoms with Gasteiger partial charge >= 0.3 is 6.18 Å². The number of alkyl halides is 3. The second kappa shape index (κ2) is 6.03. The molecule has 0 N–H and O–H groups in total. The molecule has 0 bridgehead atoms. The molecular weight excluding hydrogens is 323 g/mol. The molecule has 3 rings (SSSR count). The molecule has 2 aromatic rings. The molecule has 0 saturated carbocycles. The fourth-order valence-electron chi connectivity index (χ4n) is 3.02. The molecule has 0 spiro atoms. The predicted octanol–water partition coefficient (Wildman–Crippen LogP) is 2.51. The van der Waals surface area contributed by atoms with Gasteiger partial charge in [-0.3, -0.25) is 4.79 Å². The molecule has 3 heterocycles. The van der Waals surface area contributed by atoms with Crippen LogP contribution in [0.4, 0.5) is 13.2 Å². The minimum Gasteiger partial charge on any atom is -0.342 e. The van der Waals surface area contributed by atoms with Crippen LogP contribution in [0.15, 0.2) is 12.3 Å². The Morgan fingerprint density at radius 3 is 2.79 bits per heavy atom. The van der Waals surface area contributed by atoms with Gasteiger partial charge in [0.2, 0.25) is 5.91 Å². The second-order valence-corrected chi connectivity index (χ2v) is 6.29. The lowest BCUT2D eigenvalue weighted by Gasteiger charge is -2.34. The van der Waals surface area contributed by atoms with Crippen molar-refractivity contribution in [3.63, 3.8) is 0 Å². The second-order valence-electron chi connectivity index (χ2n) is 6.29. The summed E-state index contributed by atoms with van der Waals surface area (Å²) in [5, 5.41) is 3.58. The van der Waals surface area contributed by atoms with E-state index in [4.69, 9.17) is 0 Å². The van der Waals surface area contributed by atoms with Crippen molar-refractivity contribution in [1.29, 1.82) is 0 Å². The molecule has 0 radical (unpaired) electrons. The number of carbonyl (C=O) groups excluding carboxylic acids is 1. The maximum Gasteiger partial charge on any atom is 0.453 e. The van der Waals surface area contributed by atoms with Crippen LogP contribution in [0.1, 0.15) is 44.1 Å². The Kier molecular flexibility index (Phi) is 4.18. The Morgan fingerprint density at radius 2 is 2.12 bits per heavy atom. The molecule has 9 heteroatoms. The maximum atomic E-state index is 12.8. The number of likely N-dealkylation sites (tertiary alicyclic amines) is 1. The molecule has 1 atom stereocenters. The lowest BCUT2D eigenvalue weighted by Crippen LogP contribution is -2.41. The Bertz CT molecular complexity index is 755. The molecule has 1 amide bonds. The van der Waals surface area contributed by atoms with Crippen molar-refractivity contribution in [3.05, 3.63) is 23.8 Å². The molecule has 1 fully saturated rings. The average Bonchev–Trinajstić information content (AvgIpc) is 2.98. The smallest absolute Gasteiger partial charge is 0.342 e. The van der Waals surface area contributed by atoms with Crippen LogP contribution in [0, 0.1) is 5.92 Å². The Hall–Kier alpha value is -2.19. The summed E-state index contributed by atoms with van der Waals surface area (Å²) in [5.74, 6) is -1.42. The van der Waals surface area contributed by atoms with Crippen LogP contribution in [-0.4, -0.2) is 43.5 Å². The number of carbonyl (C=O) groups is 1. The average molecular weight is 341 g/mol. The van der Waals surface area contributed by atoms with Gasteiger partial charge in [0.05, 0.1) is 5.69 Å². The van der Waals surface area contributed by atoms with Crippen LogP contribution in [-0.2, 0) is 11.0 Å². The number of amides is 1. The van der Waals surface area contributed by atoms with Gasteiger partial charge in [-0.2, -0.15) is 18.2 Å². The molecule has 1 aliphatic heterocycles. The van der Waals surface area contributed by atoms with E-state index < -0.39 is 12.0 Å². The van der Waals surface area contributed by atoms with Crippen molar-refractivity contribution in [2.45, 2.75) is 38.8 Å². The zero-order chi connectivity index (χ0) is 17.5. The molecule has 1 unspecified atom stereocenters. The van der Waals surface area contributed by atoms with Crippen molar-refractivity contribution in [2.24, 2.45) is 5.92 Å². The minimum absolute atomic E-state index is 0.0552. The molecule has 0 aliphatic carbocycles. The molecular formula is C15H18F3N5O. The highest BCUT2D eigenvalue weighted by molar-refractivity contribution is 5.78. The SMILES string of the molecule is CC(C)C(=O)N1CCCC(c2ccnc3nc(C(F)(F)F)nn23)C1. The summed E-state index contributed by atoms with van der Waals surface area (Å²) < 4.78 is 39.7. The largest absolute Gasteiger partial charge is 0.453 e. The van der Waals surface area contributed by atoms with Gasteiger partial charge in [-0.1, -0.05) is 13.8 Å². The highest BCUT2D eigenvalue weighted by Crippen LogP contribution is 2.30. The third-order valence-electron chi connectivity index (χ3n) is 4.17. The first-order chi connectivity index (χ1) is 11.3. The summed E-state index contributed by atoms with van der Waals surface area (Å²) in [6, 6.07) is 1.65. The van der Waals surface area contributed by atoms with Crippen molar-refractivity contribution < 1.29 is 18.0 Å². The minimum atomic E-state index is -4.61. The van der Waals surface area contributed by atoms with E-state index in [1.165, 1.54) is 6.20 Å². The number of aromatic nitrogens is 4. The first-order valence-corrected chi connectivity index (χ1v) is 7.85. The monoisotopic (exact) mass is 341 g/mol. The number of fused-ring (bicyclic) bond motifs is 1. The number of halogens is 3. The topological polar surface area (TPSA) is 63.4 Å². The van der Waals surface area contributed by atoms with E-state index in [0.717, 1.165) is 17.4 Å². The van der Waals surface area contributed by atoms with Gasteiger partial charge in [0.15, 0.2) is 0 Å². The van der Waals surface area contributed by atoms with E-state index in [1.807, 2.05) is 13.8 Å². The number of hydrogen-bond donors (Lipinski definition) is 0. The van der Waals surface area contributed by atoms with Crippen molar-refractivity contribution in [2.75, 3.05) is 13.1 Å². The van der Waals surface area contributed by atoms with Gasteiger partial charge in [0.25, 0.3) is 11.6 Å². The quantitative estimate of drug-likeness (QED) is 0.842. The Morgan fingerprint density at radius 1 is 1.38 bits per heavy atom. The van der Waals surface area contributed by atoms with Gasteiger partial charge in [-0.05, 0) is 18.9 Å². The first kappa shape index (κ1) is 16.7. The summed E-state index contributed by atoms with van der Waals surface area (Å²) >= 11 is 0. The number of piperidine rings is 1. The lowest BCUT2D eigenvalue weighted by molar-refractivity contribution is -0.144. The van der Waals surface area contributed by atoms with Crippen LogP contribution in [0.3, 0.4) is 0 Å². The summed E-state index contributed by atoms with van der Waals surface area (Å²) in [6.07, 6.45) is -1.60. The van der Waals surface area contributed by atoms with E-state index in [1.54, 1.807) is 11.0 Å². The maximum absolute atomic E-state index is 12.8. The van der Waals surface area contributed by atoms with Crippen LogP contribution in [0.25, 0.3) is 5.78 Å². The van der Waals surface area contributed by atoms with Gasteiger partial charge in [0.1, 0.15) is 0 Å². The number of rotatable bonds is 2. The molecule has 2 aromatic heterocycles. The van der Waals surface area contributed by atoms with Crippen molar-refractivity contribution in [1.82, 2.24) is 24.5 Å². The predicted molar refractivity (Wildman–Crippen MR) is 79.2 cm³/mol. The summed E-state index contributed by atoms with van der Waals surface area (Å²) in [7, 11) is 0. The summed E-state index contributed by atoms with van der Waals surface area (Å²) in [6.45, 7) is 4.82. The van der Waals surface area contributed by atoms with Gasteiger partial charge in [-0.25, -0.2) is 9.50 Å². The normalized spacial score (nSPS) is 19.2. The standard InChI is InChI=1S/C15H18F3N5O/c1-9(2)12(24)22-7-3-4-10(8-22)11-5-6-19-14-20-13(15(16,17)18)21-23(11)14/h5-6,9-10H,3-4,7-8H2,1-2H3. The van der Waals surface area contributed by atoms with Gasteiger partial charge < -0.3 is 4.90 Å². The van der Waals surface area contributed by atoms with Crippen molar-refractivity contribution >= 4 is 11.7 Å². The Labute approximate surface area is 136 Å². The zero-order valence-corrected chi connectivity index (χ0v) is 13.4. The lowest BCUT2D eigenvalue weighted by atomic mass is 9.93. The first-order valence-electron chi connectivity index (χ1n) is 7.85. The fraction of sp³-hybridized carbons (Fsp3) is 0.600. The summed E-state index contributed by atoms with van der Waals surface area (Å²) in [5.41, 5.74) is 0.601.